The van der Waals surface area contributed by atoms with Crippen molar-refractivity contribution in [3.05, 3.63) is 78.6 Å². The number of carbonyl (C=O) groups is 2. The second-order valence-corrected chi connectivity index (χ2v) is 8.82. The summed E-state index contributed by atoms with van der Waals surface area (Å²) in [5, 5.41) is 9.47. The van der Waals surface area contributed by atoms with Crippen molar-refractivity contribution in [2.24, 2.45) is 4.99 Å². The minimum absolute atomic E-state index is 0.0951. The number of nitrogens with zero attached hydrogens (tertiary/aromatic N) is 3. The summed E-state index contributed by atoms with van der Waals surface area (Å²) in [5.41, 5.74) is 2.83. The lowest BCUT2D eigenvalue weighted by molar-refractivity contribution is -0.129. The topological polar surface area (TPSA) is 98.3 Å². The summed E-state index contributed by atoms with van der Waals surface area (Å²) >= 11 is 6.45. The minimum Gasteiger partial charge on any atom is -0.494 e. The highest BCUT2D eigenvalue weighted by molar-refractivity contribution is 6.45. The fourth-order valence-corrected chi connectivity index (χ4v) is 3.96. The molecule has 0 aromatic heterocycles. The van der Waals surface area contributed by atoms with Gasteiger partial charge >= 0.3 is 0 Å². The fraction of sp³-hybridized carbons (Fsp3) is 0.250. The van der Waals surface area contributed by atoms with E-state index in [1.165, 1.54) is 6.08 Å². The number of halogens is 1. The minimum atomic E-state index is -0.336. The number of methoxy groups -OCH3 is 1. The van der Waals surface area contributed by atoms with Gasteiger partial charge in [0.05, 0.1) is 29.2 Å². The number of carbonyl (C=O) groups excluding carboxylic acids is 2. The van der Waals surface area contributed by atoms with Crippen LogP contribution in [0, 0.1) is 0 Å². The van der Waals surface area contributed by atoms with Gasteiger partial charge < -0.3 is 30.5 Å². The van der Waals surface area contributed by atoms with Crippen molar-refractivity contribution in [1.82, 2.24) is 4.90 Å². The molecule has 0 unspecified atom stereocenters. The number of hydrogen-bond donors (Lipinski definition) is 3. The Morgan fingerprint density at radius 2 is 1.68 bits per heavy atom. The number of ether oxygens (including phenoxy) is 1. The average Bonchev–Trinajstić information content (AvgIpc) is 2.93. The van der Waals surface area contributed by atoms with Crippen LogP contribution in [0.1, 0.15) is 13.8 Å². The molecular weight excluding hydrogens is 504 g/mol. The summed E-state index contributed by atoms with van der Waals surface area (Å²) in [6.45, 7) is 13.8. The molecule has 0 saturated carbocycles. The van der Waals surface area contributed by atoms with E-state index in [-0.39, 0.29) is 11.8 Å². The van der Waals surface area contributed by atoms with E-state index in [0.29, 0.717) is 52.6 Å². The Morgan fingerprint density at radius 1 is 1.03 bits per heavy atom. The molecule has 3 N–H and O–H groups in total. The molecule has 3 rings (SSSR count). The molecule has 9 nitrogen and oxygen atoms in total. The largest absolute Gasteiger partial charge is 0.494 e. The fourth-order valence-electron chi connectivity index (χ4n) is 3.87. The summed E-state index contributed by atoms with van der Waals surface area (Å²) in [7, 11) is 1.60. The van der Waals surface area contributed by atoms with Gasteiger partial charge in [-0.2, -0.15) is 0 Å². The monoisotopic (exact) mass is 536 g/mol. The molecule has 10 heteroatoms. The quantitative estimate of drug-likeness (QED) is 0.236. The highest BCUT2D eigenvalue weighted by atomic mass is 35.5. The Balaban J connectivity index is 1.78. The first-order valence-corrected chi connectivity index (χ1v) is 12.5. The van der Waals surface area contributed by atoms with Crippen LogP contribution in [0.15, 0.2) is 83.6 Å². The van der Waals surface area contributed by atoms with Crippen LogP contribution in [0.2, 0.25) is 0 Å². The van der Waals surface area contributed by atoms with Crippen LogP contribution in [-0.2, 0) is 9.59 Å². The van der Waals surface area contributed by atoms with Gasteiger partial charge in [-0.25, -0.2) is 4.99 Å². The molecule has 2 aromatic carbocycles. The zero-order chi connectivity index (χ0) is 27.7. The molecule has 1 heterocycles. The van der Waals surface area contributed by atoms with Crippen LogP contribution >= 0.6 is 11.6 Å². The smallest absolute Gasteiger partial charge is 0.247 e. The third-order valence-electron chi connectivity index (χ3n) is 5.90. The second-order valence-electron chi connectivity index (χ2n) is 8.41. The molecule has 1 aliphatic heterocycles. The van der Waals surface area contributed by atoms with Crippen molar-refractivity contribution < 1.29 is 14.3 Å². The van der Waals surface area contributed by atoms with Gasteiger partial charge in [-0.15, -0.1) is 0 Å². The Labute approximate surface area is 228 Å². The number of amidine groups is 1. The molecule has 38 heavy (non-hydrogen) atoms. The number of allylic oxidation sites excluding steroid dienone is 1. The molecule has 2 aromatic rings. The maximum absolute atomic E-state index is 11.8. The standard InChI is InChI=1S/C28H33ClN6O3/c1-6-22(29)28(33-24-11-9-8-10-23(24)32-27(37)7-2)31-19(3)30-25-13-12-21(18-26(25)38-5)35-16-14-34(15-17-35)20(4)36/h6-13,18,30H,2-3,14-17H2,1,4-5H3,(H,31,33)(H,32,37)/b22-6+. The van der Waals surface area contributed by atoms with Crippen LogP contribution in [0.5, 0.6) is 5.75 Å². The number of amides is 2. The zero-order valence-corrected chi connectivity index (χ0v) is 22.6. The number of benzene rings is 2. The molecule has 0 spiro atoms. The molecule has 0 aliphatic carbocycles. The first-order chi connectivity index (χ1) is 18.2. The van der Waals surface area contributed by atoms with Gasteiger partial charge in [0, 0.05) is 44.9 Å². The normalized spacial score (nSPS) is 14.0. The van der Waals surface area contributed by atoms with Gasteiger partial charge in [0.1, 0.15) is 11.6 Å². The first-order valence-electron chi connectivity index (χ1n) is 12.1. The van der Waals surface area contributed by atoms with Gasteiger partial charge in [-0.05, 0) is 37.3 Å². The number of aliphatic imine (C=N–C) groups is 1. The average molecular weight is 537 g/mol. The highest BCUT2D eigenvalue weighted by Crippen LogP contribution is 2.31. The highest BCUT2D eigenvalue weighted by Gasteiger charge is 2.20. The predicted octanol–water partition coefficient (Wildman–Crippen LogP) is 5.02. The molecule has 1 aliphatic rings. The van der Waals surface area contributed by atoms with E-state index in [9.17, 15) is 9.59 Å². The van der Waals surface area contributed by atoms with Crippen molar-refractivity contribution in [3.63, 3.8) is 0 Å². The van der Waals surface area contributed by atoms with E-state index in [4.69, 9.17) is 16.3 Å². The Bertz CT molecular complexity index is 1260. The summed E-state index contributed by atoms with van der Waals surface area (Å²) in [6, 6.07) is 13.0. The number of nitrogens with one attached hydrogen (secondary N) is 3. The third-order valence-corrected chi connectivity index (χ3v) is 6.30. The van der Waals surface area contributed by atoms with E-state index in [2.05, 4.69) is 39.0 Å². The molecule has 0 bridgehead atoms. The Hall–Kier alpha value is -4.24. The molecule has 1 fully saturated rings. The lowest BCUT2D eigenvalue weighted by Crippen LogP contribution is -2.48. The van der Waals surface area contributed by atoms with Crippen molar-refractivity contribution in [2.45, 2.75) is 13.8 Å². The van der Waals surface area contributed by atoms with Gasteiger partial charge in [-0.3, -0.25) is 9.59 Å². The second kappa shape index (κ2) is 13.3. The van der Waals surface area contributed by atoms with Gasteiger partial charge in [-0.1, -0.05) is 43.0 Å². The SMILES string of the molecule is C=CC(=O)Nc1ccccc1NC(=NC(=C)Nc1ccc(N2CCN(C(C)=O)CC2)cc1OC)/C(Cl)=C\C. The molecule has 200 valence electrons. The van der Waals surface area contributed by atoms with E-state index in [1.54, 1.807) is 45.2 Å². The number of hydrogen-bond acceptors (Lipinski definition) is 6. The number of anilines is 4. The third kappa shape index (κ3) is 7.39. The zero-order valence-electron chi connectivity index (χ0n) is 21.9. The van der Waals surface area contributed by atoms with Crippen LogP contribution in [0.3, 0.4) is 0 Å². The molecular formula is C28H33ClN6O3. The molecule has 2 amide bonds. The maximum atomic E-state index is 11.8. The number of rotatable bonds is 9. The molecule has 0 atom stereocenters. The Morgan fingerprint density at radius 3 is 2.26 bits per heavy atom. The van der Waals surface area contributed by atoms with Crippen molar-refractivity contribution in [3.8, 4) is 5.75 Å². The predicted molar refractivity (Wildman–Crippen MR) is 156 cm³/mol. The summed E-state index contributed by atoms with van der Waals surface area (Å²) < 4.78 is 5.63. The molecule has 1 saturated heterocycles. The lowest BCUT2D eigenvalue weighted by atomic mass is 10.2. The summed E-state index contributed by atoms with van der Waals surface area (Å²) in [5.74, 6) is 1.04. The summed E-state index contributed by atoms with van der Waals surface area (Å²) in [6.07, 6.45) is 2.90. The van der Waals surface area contributed by atoms with Crippen molar-refractivity contribution in [1.29, 1.82) is 0 Å². The van der Waals surface area contributed by atoms with Crippen molar-refractivity contribution in [2.75, 3.05) is 54.1 Å². The van der Waals surface area contributed by atoms with E-state index >= 15 is 0 Å². The van der Waals surface area contributed by atoms with Crippen LogP contribution < -0.4 is 25.6 Å². The first kappa shape index (κ1) is 28.3. The summed E-state index contributed by atoms with van der Waals surface area (Å²) in [4.78, 5) is 32.1. The molecule has 0 radical (unpaired) electrons. The van der Waals surface area contributed by atoms with Crippen LogP contribution in [-0.4, -0.2) is 55.8 Å². The number of piperazine rings is 1. The lowest BCUT2D eigenvalue weighted by Gasteiger charge is -2.35. The van der Waals surface area contributed by atoms with Gasteiger partial charge in [0.25, 0.3) is 0 Å². The van der Waals surface area contributed by atoms with E-state index < -0.39 is 0 Å². The maximum Gasteiger partial charge on any atom is 0.247 e. The van der Waals surface area contributed by atoms with Crippen molar-refractivity contribution >= 4 is 52.0 Å². The van der Waals surface area contributed by atoms with Gasteiger partial charge in [0.15, 0.2) is 5.84 Å². The van der Waals surface area contributed by atoms with Crippen LogP contribution in [0.25, 0.3) is 0 Å². The van der Waals surface area contributed by atoms with E-state index in [0.717, 1.165) is 18.8 Å². The van der Waals surface area contributed by atoms with Crippen LogP contribution in [0.4, 0.5) is 22.7 Å². The number of para-hydroxylation sites is 2. The van der Waals surface area contributed by atoms with Gasteiger partial charge in [0.2, 0.25) is 11.8 Å². The van der Waals surface area contributed by atoms with E-state index in [1.807, 2.05) is 29.2 Å². The Kier molecular flexibility index (Phi) is 9.95.